The van der Waals surface area contributed by atoms with Crippen LogP contribution >= 0.6 is 0 Å². The zero-order chi connectivity index (χ0) is 19.1. The fraction of sp³-hybridized carbons (Fsp3) is 0.636. The predicted molar refractivity (Wildman–Crippen MR) is 103 cm³/mol. The van der Waals surface area contributed by atoms with Gasteiger partial charge in [-0.3, -0.25) is 4.79 Å². The Labute approximate surface area is 160 Å². The van der Waals surface area contributed by atoms with Gasteiger partial charge < -0.3 is 19.6 Å². The summed E-state index contributed by atoms with van der Waals surface area (Å²) in [6.45, 7) is 0. The van der Waals surface area contributed by atoms with E-state index in [1.54, 1.807) is 13.3 Å². The molecular weight excluding hydrogens is 342 g/mol. The molecule has 0 atom stereocenters. The van der Waals surface area contributed by atoms with Crippen LogP contribution in [0.25, 0.3) is 0 Å². The minimum atomic E-state index is -0.325. The number of benzene rings is 1. The molecule has 3 aliphatic rings. The molecule has 0 aromatic heterocycles. The Morgan fingerprint density at radius 2 is 1.89 bits per heavy atom. The van der Waals surface area contributed by atoms with Crippen LogP contribution in [0.2, 0.25) is 0 Å². The first kappa shape index (κ1) is 18.3. The van der Waals surface area contributed by atoms with Gasteiger partial charge in [-0.15, -0.1) is 0 Å². The Morgan fingerprint density at radius 1 is 1.19 bits per heavy atom. The Hall–Kier alpha value is -2.04. The van der Waals surface area contributed by atoms with E-state index >= 15 is 0 Å². The summed E-state index contributed by atoms with van der Waals surface area (Å²) in [5.41, 5.74) is 2.00. The second-order valence-corrected chi connectivity index (χ2v) is 8.39. The molecule has 146 valence electrons. The molecular formula is C22H29NO4. The van der Waals surface area contributed by atoms with Gasteiger partial charge >= 0.3 is 5.97 Å². The SMILES string of the molecule is COC(=O)C1CCC(C=N)(c2ccc(OC)c3c2CC2(CCCC2)O3)CC1. The molecule has 2 saturated carbocycles. The summed E-state index contributed by atoms with van der Waals surface area (Å²) in [5, 5.41) is 8.25. The zero-order valence-electron chi connectivity index (χ0n) is 16.3. The van der Waals surface area contributed by atoms with E-state index in [1.807, 2.05) is 6.07 Å². The summed E-state index contributed by atoms with van der Waals surface area (Å²) >= 11 is 0. The van der Waals surface area contributed by atoms with Crippen LogP contribution in [-0.4, -0.2) is 32.0 Å². The van der Waals surface area contributed by atoms with Crippen molar-refractivity contribution in [1.29, 1.82) is 5.41 Å². The van der Waals surface area contributed by atoms with Crippen LogP contribution in [-0.2, 0) is 21.4 Å². The molecule has 4 rings (SSSR count). The van der Waals surface area contributed by atoms with Gasteiger partial charge in [-0.25, -0.2) is 0 Å². The van der Waals surface area contributed by atoms with E-state index < -0.39 is 0 Å². The monoisotopic (exact) mass is 371 g/mol. The highest BCUT2D eigenvalue weighted by molar-refractivity contribution is 5.76. The lowest BCUT2D eigenvalue weighted by molar-refractivity contribution is -0.146. The Balaban J connectivity index is 1.69. The Morgan fingerprint density at radius 3 is 2.48 bits per heavy atom. The number of rotatable bonds is 4. The van der Waals surface area contributed by atoms with E-state index in [0.717, 1.165) is 56.4 Å². The van der Waals surface area contributed by atoms with Gasteiger partial charge in [0.15, 0.2) is 11.5 Å². The molecule has 2 fully saturated rings. The van der Waals surface area contributed by atoms with E-state index in [4.69, 9.17) is 19.6 Å². The highest BCUT2D eigenvalue weighted by atomic mass is 16.5. The molecule has 1 aliphatic heterocycles. The molecule has 2 aliphatic carbocycles. The molecule has 5 heteroatoms. The van der Waals surface area contributed by atoms with Crippen molar-refractivity contribution in [3.63, 3.8) is 0 Å². The van der Waals surface area contributed by atoms with Gasteiger partial charge in [0.2, 0.25) is 0 Å². The van der Waals surface area contributed by atoms with Gasteiger partial charge in [-0.1, -0.05) is 6.07 Å². The first-order valence-electron chi connectivity index (χ1n) is 10.1. The number of hydrogen-bond donors (Lipinski definition) is 1. The molecule has 1 heterocycles. The Kier molecular flexibility index (Phi) is 4.65. The van der Waals surface area contributed by atoms with Crippen LogP contribution in [0.5, 0.6) is 11.5 Å². The molecule has 1 aromatic rings. The van der Waals surface area contributed by atoms with E-state index in [9.17, 15) is 4.79 Å². The largest absolute Gasteiger partial charge is 0.493 e. The minimum absolute atomic E-state index is 0.0493. The van der Waals surface area contributed by atoms with Gasteiger partial charge in [-0.2, -0.15) is 0 Å². The minimum Gasteiger partial charge on any atom is -0.493 e. The molecule has 0 saturated heterocycles. The van der Waals surface area contributed by atoms with Crippen molar-refractivity contribution in [2.24, 2.45) is 5.92 Å². The van der Waals surface area contributed by atoms with Gasteiger partial charge in [0.1, 0.15) is 5.60 Å². The number of carbonyl (C=O) groups is 1. The van der Waals surface area contributed by atoms with Gasteiger partial charge in [0.05, 0.1) is 20.1 Å². The number of esters is 1. The smallest absolute Gasteiger partial charge is 0.308 e. The lowest BCUT2D eigenvalue weighted by atomic mass is 9.65. The number of hydrogen-bond acceptors (Lipinski definition) is 5. The number of nitrogens with one attached hydrogen (secondary N) is 1. The molecule has 5 nitrogen and oxygen atoms in total. The Bertz CT molecular complexity index is 743. The average Bonchev–Trinajstić information content (AvgIpc) is 3.33. The van der Waals surface area contributed by atoms with Crippen LogP contribution < -0.4 is 9.47 Å². The van der Waals surface area contributed by atoms with Crippen LogP contribution in [0.3, 0.4) is 0 Å². The molecule has 1 spiro atoms. The van der Waals surface area contributed by atoms with Crippen LogP contribution in [0.4, 0.5) is 0 Å². The van der Waals surface area contributed by atoms with Crippen molar-refractivity contribution in [2.45, 2.75) is 68.8 Å². The first-order valence-corrected chi connectivity index (χ1v) is 10.1. The lowest BCUT2D eigenvalue weighted by Crippen LogP contribution is -2.36. The number of methoxy groups -OCH3 is 2. The maximum absolute atomic E-state index is 11.9. The van der Waals surface area contributed by atoms with Crippen molar-refractivity contribution in [3.8, 4) is 11.5 Å². The maximum atomic E-state index is 11.9. The fourth-order valence-corrected chi connectivity index (χ4v) is 5.42. The van der Waals surface area contributed by atoms with Crippen LogP contribution in [0, 0.1) is 11.3 Å². The van der Waals surface area contributed by atoms with Crippen molar-refractivity contribution in [3.05, 3.63) is 23.3 Å². The fourth-order valence-electron chi connectivity index (χ4n) is 5.42. The molecule has 1 N–H and O–H groups in total. The second kappa shape index (κ2) is 6.84. The predicted octanol–water partition coefficient (Wildman–Crippen LogP) is 4.19. The normalized spacial score (nSPS) is 28.4. The van der Waals surface area contributed by atoms with Crippen LogP contribution in [0.1, 0.15) is 62.5 Å². The summed E-state index contributed by atoms with van der Waals surface area (Å²) in [4.78, 5) is 11.9. The van der Waals surface area contributed by atoms with Crippen molar-refractivity contribution in [1.82, 2.24) is 0 Å². The van der Waals surface area contributed by atoms with Gasteiger partial charge in [0.25, 0.3) is 0 Å². The van der Waals surface area contributed by atoms with Gasteiger partial charge in [-0.05, 0) is 63.0 Å². The standard InChI is InChI=1S/C22H29NO4/c1-25-18-6-5-17(16-13-22(27-19(16)18)9-3-4-10-22)21(14-23)11-7-15(8-12-21)20(24)26-2/h5-6,14-15,23H,3-4,7-13H2,1-2H3. The second-order valence-electron chi connectivity index (χ2n) is 8.39. The zero-order valence-corrected chi connectivity index (χ0v) is 16.3. The number of ether oxygens (including phenoxy) is 3. The topological polar surface area (TPSA) is 68.6 Å². The van der Waals surface area contributed by atoms with Crippen molar-refractivity contribution < 1.29 is 19.0 Å². The van der Waals surface area contributed by atoms with Gasteiger partial charge in [0, 0.05) is 23.6 Å². The molecule has 0 amide bonds. The summed E-state index contributed by atoms with van der Waals surface area (Å²) in [6.07, 6.45) is 10.2. The molecule has 0 bridgehead atoms. The van der Waals surface area contributed by atoms with E-state index in [-0.39, 0.29) is 22.9 Å². The van der Waals surface area contributed by atoms with Crippen molar-refractivity contribution >= 4 is 12.2 Å². The lowest BCUT2D eigenvalue weighted by Gasteiger charge is -2.38. The molecule has 1 aromatic carbocycles. The number of carbonyl (C=O) groups excluding carboxylic acids is 1. The molecule has 0 unspecified atom stereocenters. The van der Waals surface area contributed by atoms with E-state index in [2.05, 4.69) is 6.07 Å². The summed E-state index contributed by atoms with van der Waals surface area (Å²) in [6, 6.07) is 4.11. The van der Waals surface area contributed by atoms with Crippen molar-refractivity contribution in [2.75, 3.05) is 14.2 Å². The first-order chi connectivity index (χ1) is 13.1. The third-order valence-corrected chi connectivity index (χ3v) is 7.00. The molecule has 0 radical (unpaired) electrons. The summed E-state index contributed by atoms with van der Waals surface area (Å²) < 4.78 is 17.0. The average molecular weight is 371 g/mol. The van der Waals surface area contributed by atoms with Crippen LogP contribution in [0.15, 0.2) is 12.1 Å². The molecule has 27 heavy (non-hydrogen) atoms. The maximum Gasteiger partial charge on any atom is 0.308 e. The summed E-state index contributed by atoms with van der Waals surface area (Å²) in [7, 11) is 3.14. The quantitative estimate of drug-likeness (QED) is 0.636. The summed E-state index contributed by atoms with van der Waals surface area (Å²) in [5.74, 6) is 1.50. The third kappa shape index (κ3) is 2.91. The van der Waals surface area contributed by atoms with E-state index in [1.165, 1.54) is 31.1 Å². The number of fused-ring (bicyclic) bond motifs is 1. The van der Waals surface area contributed by atoms with E-state index in [0.29, 0.717) is 0 Å². The third-order valence-electron chi connectivity index (χ3n) is 7.00. The highest BCUT2D eigenvalue weighted by Crippen LogP contribution is 2.53. The highest BCUT2D eigenvalue weighted by Gasteiger charge is 2.47.